The summed E-state index contributed by atoms with van der Waals surface area (Å²) in [6, 6.07) is 9.31. The molecule has 5 nitrogen and oxygen atoms in total. The van der Waals surface area contributed by atoms with Gasteiger partial charge in [-0.25, -0.2) is 4.79 Å². The van der Waals surface area contributed by atoms with Crippen LogP contribution in [0.2, 0.25) is 0 Å². The fraction of sp³-hybridized carbons (Fsp3) is 0.235. The van der Waals surface area contributed by atoms with Crippen molar-refractivity contribution in [3.05, 3.63) is 62.2 Å². The number of nitrogens with zero attached hydrogens (tertiary/aromatic N) is 1. The Morgan fingerprint density at radius 1 is 1.00 bits per heavy atom. The van der Waals surface area contributed by atoms with E-state index < -0.39 is 0 Å². The molecule has 2 aromatic heterocycles. The predicted molar refractivity (Wildman–Crippen MR) is 83.0 cm³/mol. The molecule has 1 aliphatic carbocycles. The molecule has 1 N–H and O–H groups in total. The number of aromatic amines is 1. The summed E-state index contributed by atoms with van der Waals surface area (Å²) in [6.07, 6.45) is 3.34. The smallest absolute Gasteiger partial charge is 0.341 e. The summed E-state index contributed by atoms with van der Waals surface area (Å²) in [5.74, 6) is 0.414. The van der Waals surface area contributed by atoms with Gasteiger partial charge in [-0.2, -0.15) is 4.98 Å². The average molecular weight is 294 g/mol. The van der Waals surface area contributed by atoms with Crippen LogP contribution in [0, 0.1) is 0 Å². The van der Waals surface area contributed by atoms with Gasteiger partial charge in [0, 0.05) is 11.1 Å². The molecule has 0 spiro atoms. The second-order valence-corrected chi connectivity index (χ2v) is 5.51. The van der Waals surface area contributed by atoms with E-state index >= 15 is 0 Å². The molecule has 0 amide bonds. The molecule has 0 radical (unpaired) electrons. The van der Waals surface area contributed by atoms with Crippen molar-refractivity contribution in [3.8, 4) is 11.4 Å². The maximum atomic E-state index is 12.5. The number of rotatable bonds is 1. The third-order valence-corrected chi connectivity index (χ3v) is 4.14. The highest BCUT2D eigenvalue weighted by molar-refractivity contribution is 5.79. The second-order valence-electron chi connectivity index (χ2n) is 5.51. The summed E-state index contributed by atoms with van der Waals surface area (Å²) in [5, 5.41) is 0.425. The Morgan fingerprint density at radius 3 is 2.50 bits per heavy atom. The van der Waals surface area contributed by atoms with Gasteiger partial charge < -0.3 is 9.40 Å². The Kier molecular flexibility index (Phi) is 2.92. The minimum Gasteiger partial charge on any atom is -0.403 e. The van der Waals surface area contributed by atoms with Crippen LogP contribution < -0.4 is 11.2 Å². The first-order valence-electron chi connectivity index (χ1n) is 7.38. The van der Waals surface area contributed by atoms with Crippen molar-refractivity contribution in [1.82, 2.24) is 9.97 Å². The molecule has 0 unspecified atom stereocenters. The maximum Gasteiger partial charge on any atom is 0.341 e. The van der Waals surface area contributed by atoms with E-state index in [1.807, 2.05) is 30.3 Å². The number of hydrogen-bond acceptors (Lipinski definition) is 4. The van der Waals surface area contributed by atoms with Crippen LogP contribution in [-0.2, 0) is 12.8 Å². The van der Waals surface area contributed by atoms with E-state index in [0.717, 1.165) is 30.4 Å². The van der Waals surface area contributed by atoms with Crippen molar-refractivity contribution in [3.63, 3.8) is 0 Å². The first-order valence-corrected chi connectivity index (χ1v) is 7.38. The van der Waals surface area contributed by atoms with Crippen LogP contribution >= 0.6 is 0 Å². The second kappa shape index (κ2) is 4.94. The molecule has 0 fully saturated rings. The number of benzene rings is 1. The normalized spacial score (nSPS) is 14.0. The standard InChI is InChI=1S/C17H14N2O3/c20-15-13-11-8-4-5-9-12(11)17(21)22-16(13)19-14(18-15)10-6-2-1-3-7-10/h1-3,6-7H,4-5,8-9H2,(H,18,19,20). The summed E-state index contributed by atoms with van der Waals surface area (Å²) in [7, 11) is 0. The Hall–Kier alpha value is -2.69. The summed E-state index contributed by atoms with van der Waals surface area (Å²) < 4.78 is 5.32. The lowest BCUT2D eigenvalue weighted by Crippen LogP contribution is -2.21. The predicted octanol–water partition coefficient (Wildman–Crippen LogP) is 2.42. The van der Waals surface area contributed by atoms with E-state index in [1.165, 1.54) is 0 Å². The number of aryl methyl sites for hydroxylation is 1. The highest BCUT2D eigenvalue weighted by atomic mass is 16.4. The largest absolute Gasteiger partial charge is 0.403 e. The lowest BCUT2D eigenvalue weighted by molar-refractivity contribution is 0.523. The molecule has 22 heavy (non-hydrogen) atoms. The molecule has 3 aromatic rings. The highest BCUT2D eigenvalue weighted by Gasteiger charge is 2.21. The number of nitrogens with one attached hydrogen (secondary N) is 1. The van der Waals surface area contributed by atoms with Crippen molar-refractivity contribution in [2.24, 2.45) is 0 Å². The number of aromatic nitrogens is 2. The van der Waals surface area contributed by atoms with Gasteiger partial charge in [0.25, 0.3) is 5.56 Å². The van der Waals surface area contributed by atoms with E-state index in [9.17, 15) is 9.59 Å². The molecule has 0 saturated carbocycles. The number of hydrogen-bond donors (Lipinski definition) is 1. The zero-order valence-electron chi connectivity index (χ0n) is 11.9. The SMILES string of the molecule is O=c1oc2nc(-c3ccccc3)[nH]c(=O)c2c2c1CCCC2. The molecular weight excluding hydrogens is 280 g/mol. The van der Waals surface area contributed by atoms with Gasteiger partial charge in [0.2, 0.25) is 5.71 Å². The average Bonchev–Trinajstić information content (AvgIpc) is 2.55. The van der Waals surface area contributed by atoms with Crippen LogP contribution in [0.1, 0.15) is 24.0 Å². The topological polar surface area (TPSA) is 76.0 Å². The van der Waals surface area contributed by atoms with Gasteiger partial charge in [0.05, 0.1) is 0 Å². The van der Waals surface area contributed by atoms with Crippen LogP contribution in [0.3, 0.4) is 0 Å². The molecule has 1 aromatic carbocycles. The fourth-order valence-corrected chi connectivity index (χ4v) is 3.08. The minimum atomic E-state index is -0.362. The molecule has 0 saturated heterocycles. The first-order chi connectivity index (χ1) is 10.7. The Bertz CT molecular complexity index is 971. The summed E-state index contributed by atoms with van der Waals surface area (Å²) >= 11 is 0. The lowest BCUT2D eigenvalue weighted by Gasteiger charge is -2.15. The Morgan fingerprint density at radius 2 is 1.73 bits per heavy atom. The van der Waals surface area contributed by atoms with Gasteiger partial charge in [0.15, 0.2) is 0 Å². The number of H-pyrrole nitrogens is 1. The molecule has 4 rings (SSSR count). The Balaban J connectivity index is 2.04. The molecule has 2 heterocycles. The molecular formula is C17H14N2O3. The zero-order valence-corrected chi connectivity index (χ0v) is 11.9. The van der Waals surface area contributed by atoms with Crippen LogP contribution in [0.15, 0.2) is 44.3 Å². The van der Waals surface area contributed by atoms with E-state index in [4.69, 9.17) is 4.42 Å². The third kappa shape index (κ3) is 1.97. The van der Waals surface area contributed by atoms with Crippen molar-refractivity contribution < 1.29 is 4.42 Å². The molecule has 5 heteroatoms. The maximum absolute atomic E-state index is 12.5. The summed E-state index contributed by atoms with van der Waals surface area (Å²) in [4.78, 5) is 31.8. The van der Waals surface area contributed by atoms with Crippen molar-refractivity contribution in [2.45, 2.75) is 25.7 Å². The van der Waals surface area contributed by atoms with E-state index in [1.54, 1.807) is 0 Å². The van der Waals surface area contributed by atoms with E-state index in [2.05, 4.69) is 9.97 Å². The van der Waals surface area contributed by atoms with Crippen LogP contribution in [0.25, 0.3) is 22.5 Å². The van der Waals surface area contributed by atoms with Gasteiger partial charge in [-0.3, -0.25) is 4.79 Å². The third-order valence-electron chi connectivity index (χ3n) is 4.14. The molecule has 110 valence electrons. The molecule has 0 aliphatic heterocycles. The molecule has 1 aliphatic rings. The molecule has 0 bridgehead atoms. The summed E-state index contributed by atoms with van der Waals surface area (Å²) in [5.41, 5.74) is 1.75. The van der Waals surface area contributed by atoms with Crippen molar-refractivity contribution >= 4 is 11.1 Å². The van der Waals surface area contributed by atoms with Gasteiger partial charge in [-0.05, 0) is 31.2 Å². The van der Waals surface area contributed by atoms with Gasteiger partial charge in [-0.1, -0.05) is 30.3 Å². The monoisotopic (exact) mass is 294 g/mol. The van der Waals surface area contributed by atoms with Crippen LogP contribution in [0.4, 0.5) is 0 Å². The van der Waals surface area contributed by atoms with Gasteiger partial charge in [0.1, 0.15) is 11.2 Å². The quantitative estimate of drug-likeness (QED) is 0.748. The van der Waals surface area contributed by atoms with E-state index in [-0.39, 0.29) is 16.9 Å². The zero-order chi connectivity index (χ0) is 15.1. The highest BCUT2D eigenvalue weighted by Crippen LogP contribution is 2.24. The van der Waals surface area contributed by atoms with Gasteiger partial charge >= 0.3 is 5.63 Å². The summed E-state index contributed by atoms with van der Waals surface area (Å²) in [6.45, 7) is 0. The van der Waals surface area contributed by atoms with E-state index in [0.29, 0.717) is 23.2 Å². The van der Waals surface area contributed by atoms with Gasteiger partial charge in [-0.15, -0.1) is 0 Å². The molecule has 0 atom stereocenters. The van der Waals surface area contributed by atoms with Crippen LogP contribution in [-0.4, -0.2) is 9.97 Å². The first kappa shape index (κ1) is 13.0. The van der Waals surface area contributed by atoms with Crippen molar-refractivity contribution in [1.29, 1.82) is 0 Å². The Labute approximate surface area is 125 Å². The fourth-order valence-electron chi connectivity index (χ4n) is 3.08. The minimum absolute atomic E-state index is 0.133. The number of fused-ring (bicyclic) bond motifs is 3. The van der Waals surface area contributed by atoms with Crippen LogP contribution in [0.5, 0.6) is 0 Å². The van der Waals surface area contributed by atoms with Crippen molar-refractivity contribution in [2.75, 3.05) is 0 Å². The lowest BCUT2D eigenvalue weighted by atomic mass is 9.91.